The van der Waals surface area contributed by atoms with Gasteiger partial charge in [0.25, 0.3) is 11.8 Å². The Morgan fingerprint density at radius 3 is 1.53 bits per heavy atom. The number of rotatable bonds is 0. The van der Waals surface area contributed by atoms with Crippen LogP contribution in [-0.4, -0.2) is 41.4 Å². The van der Waals surface area contributed by atoms with Crippen molar-refractivity contribution in [1.82, 2.24) is 28.9 Å². The number of benzene rings is 6. The molecule has 0 spiro atoms. The van der Waals surface area contributed by atoms with E-state index < -0.39 is 5.54 Å². The molecule has 11 nitrogen and oxygen atoms in total. The van der Waals surface area contributed by atoms with Crippen LogP contribution in [-0.2, 0) is 17.9 Å². The SMILES string of the molecule is N#C[C@@]1(N)C[C@H]2C[C@@H]1n1c3ccccc3c3c4c(c5c6ccccc6n2c5c31)C(=O)NC4.O=C1NCc2c1c1c3ccccc3n3c1c1c2c2ccccc2n1[C@H]1C[C@@H]3CC1=O. The average molecular weight is 809 g/mol. The van der Waals surface area contributed by atoms with Crippen LogP contribution in [0.5, 0.6) is 0 Å². The zero-order valence-corrected chi connectivity index (χ0v) is 33.3. The quantitative estimate of drug-likeness (QED) is 0.140. The number of fused-ring (bicyclic) bond motifs is 26. The van der Waals surface area contributed by atoms with Crippen molar-refractivity contribution in [2.45, 2.75) is 68.5 Å². The van der Waals surface area contributed by atoms with Gasteiger partial charge in [-0.05, 0) is 48.2 Å². The molecule has 4 N–H and O–H groups in total. The Balaban J connectivity index is 0.000000117. The third-order valence-corrected chi connectivity index (χ3v) is 15.6. The minimum Gasteiger partial charge on any atom is -0.348 e. The summed E-state index contributed by atoms with van der Waals surface area (Å²) in [5.41, 5.74) is 18.5. The number of amides is 2. The summed E-state index contributed by atoms with van der Waals surface area (Å²) in [6.07, 6.45) is 2.76. The van der Waals surface area contributed by atoms with E-state index in [1.807, 2.05) is 36.4 Å². The van der Waals surface area contributed by atoms with Crippen molar-refractivity contribution in [2.75, 3.05) is 0 Å². The van der Waals surface area contributed by atoms with Gasteiger partial charge in [0.15, 0.2) is 5.78 Å². The lowest BCUT2D eigenvalue weighted by Gasteiger charge is -2.28. The van der Waals surface area contributed by atoms with Gasteiger partial charge in [-0.15, -0.1) is 0 Å². The van der Waals surface area contributed by atoms with Crippen LogP contribution in [0.15, 0.2) is 97.1 Å². The van der Waals surface area contributed by atoms with Gasteiger partial charge < -0.3 is 34.6 Å². The van der Waals surface area contributed by atoms with Gasteiger partial charge in [-0.25, -0.2) is 0 Å². The van der Waals surface area contributed by atoms with Gasteiger partial charge in [0.05, 0.1) is 51.3 Å². The number of para-hydroxylation sites is 4. The standard InChI is InChI=1S/C26H19N5O.C25H17N3O2/c27-12-26(28)10-13-9-19(26)31-18-8-4-1-5-14(18)20-16-11-29-25(32)22(16)21-15-6-2-3-7-17(15)30(13)24(21)23(20)31;29-19-10-12-9-18(19)28-17-8-4-1-5-13(17)20-15-11-26-25(30)22(15)21-14-6-2-3-7-16(14)27(12)24(21)23(20)28/h1-8,13,19H,9-11,28H2,(H,29,32);1-8,12,18H,9-11H2,(H,26,30)/t13-,19+,26+;12-,18+/m11/s1. The highest BCUT2D eigenvalue weighted by Gasteiger charge is 2.51. The second kappa shape index (κ2) is 10.9. The Labute approximate surface area is 351 Å². The van der Waals surface area contributed by atoms with Crippen LogP contribution in [0.3, 0.4) is 0 Å². The molecule has 16 rings (SSSR count). The third-order valence-electron chi connectivity index (χ3n) is 15.6. The fraction of sp³-hybridized carbons (Fsp3) is 0.216. The third kappa shape index (κ3) is 3.62. The highest BCUT2D eigenvalue weighted by Crippen LogP contribution is 2.56. The molecule has 6 aromatic carbocycles. The van der Waals surface area contributed by atoms with Gasteiger partial charge in [-0.2, -0.15) is 5.26 Å². The van der Waals surface area contributed by atoms with Crippen molar-refractivity contribution in [2.24, 2.45) is 5.73 Å². The molecule has 2 fully saturated rings. The summed E-state index contributed by atoms with van der Waals surface area (Å²) in [7, 11) is 0. The monoisotopic (exact) mass is 808 g/mol. The Hall–Kier alpha value is -7.42. The molecule has 0 radical (unpaired) electrons. The first-order valence-corrected chi connectivity index (χ1v) is 21.7. The first-order valence-electron chi connectivity index (χ1n) is 21.7. The van der Waals surface area contributed by atoms with Crippen LogP contribution in [0.25, 0.3) is 87.2 Å². The van der Waals surface area contributed by atoms with Crippen LogP contribution in [0.2, 0.25) is 0 Å². The molecule has 4 aliphatic heterocycles. The molecule has 0 unspecified atom stereocenters. The van der Waals surface area contributed by atoms with Gasteiger partial charge >= 0.3 is 0 Å². The summed E-state index contributed by atoms with van der Waals surface area (Å²) in [6, 6.07) is 35.9. The molecule has 298 valence electrons. The molecule has 4 bridgehead atoms. The van der Waals surface area contributed by atoms with Gasteiger partial charge in [-0.1, -0.05) is 72.8 Å². The molecule has 62 heavy (non-hydrogen) atoms. The van der Waals surface area contributed by atoms with Crippen molar-refractivity contribution in [3.8, 4) is 6.07 Å². The Morgan fingerprint density at radius 1 is 0.565 bits per heavy atom. The highest BCUT2D eigenvalue weighted by atomic mass is 16.2. The first-order chi connectivity index (χ1) is 30.4. The van der Waals surface area contributed by atoms with Gasteiger partial charge in [0.1, 0.15) is 5.54 Å². The largest absolute Gasteiger partial charge is 0.348 e. The van der Waals surface area contributed by atoms with Crippen LogP contribution in [0.4, 0.5) is 0 Å². The molecular formula is C51H36N8O3. The van der Waals surface area contributed by atoms with Crippen molar-refractivity contribution in [1.29, 1.82) is 5.26 Å². The van der Waals surface area contributed by atoms with E-state index in [0.717, 1.165) is 122 Å². The Morgan fingerprint density at radius 2 is 1.00 bits per heavy atom. The molecule has 2 saturated carbocycles. The van der Waals surface area contributed by atoms with E-state index >= 15 is 0 Å². The van der Waals surface area contributed by atoms with Crippen LogP contribution >= 0.6 is 0 Å². The number of nitrogens with two attached hydrogens (primary N) is 1. The lowest BCUT2D eigenvalue weighted by molar-refractivity contribution is -0.120. The molecule has 6 aliphatic rings. The number of nitriles is 1. The topological polar surface area (TPSA) is 145 Å². The number of Topliss-reactive ketones (excluding diaryl/α,β-unsaturated/α-hetero) is 1. The second-order valence-electron chi connectivity index (χ2n) is 18.4. The lowest BCUT2D eigenvalue weighted by atomic mass is 9.94. The zero-order valence-electron chi connectivity index (χ0n) is 33.3. The predicted octanol–water partition coefficient (Wildman–Crippen LogP) is 8.86. The van der Waals surface area contributed by atoms with E-state index in [2.05, 4.69) is 95.6 Å². The minimum atomic E-state index is -0.943. The summed E-state index contributed by atoms with van der Waals surface area (Å²) >= 11 is 0. The fourth-order valence-electron chi connectivity index (χ4n) is 13.4. The molecule has 4 aromatic heterocycles. The van der Waals surface area contributed by atoms with E-state index in [-0.39, 0.29) is 36.0 Å². The molecule has 10 aromatic rings. The average Bonchev–Trinajstić information content (AvgIpc) is 4.17. The zero-order chi connectivity index (χ0) is 41.1. The fourth-order valence-corrected chi connectivity index (χ4v) is 13.4. The number of ketones is 1. The molecule has 0 saturated heterocycles. The van der Waals surface area contributed by atoms with Gasteiger partial charge in [0, 0.05) is 103 Å². The Bertz CT molecular complexity index is 3910. The number of nitrogens with zero attached hydrogens (tertiary/aromatic N) is 5. The maximum Gasteiger partial charge on any atom is 0.252 e. The van der Waals surface area contributed by atoms with E-state index in [1.165, 1.54) is 0 Å². The summed E-state index contributed by atoms with van der Waals surface area (Å²) in [6.45, 7) is 1.06. The summed E-state index contributed by atoms with van der Waals surface area (Å²) in [4.78, 5) is 39.4. The molecule has 5 atom stereocenters. The normalized spacial score (nSPS) is 23.9. The van der Waals surface area contributed by atoms with E-state index in [0.29, 0.717) is 31.7 Å². The lowest BCUT2D eigenvalue weighted by Crippen LogP contribution is -2.43. The number of carbonyl (C=O) groups is 3. The van der Waals surface area contributed by atoms with Gasteiger partial charge in [0.2, 0.25) is 0 Å². The van der Waals surface area contributed by atoms with Crippen molar-refractivity contribution in [3.05, 3.63) is 119 Å². The molecular weight excluding hydrogens is 773 g/mol. The van der Waals surface area contributed by atoms with Gasteiger partial charge in [-0.3, -0.25) is 14.4 Å². The molecule has 2 aliphatic carbocycles. The predicted molar refractivity (Wildman–Crippen MR) is 239 cm³/mol. The van der Waals surface area contributed by atoms with Crippen LogP contribution in [0.1, 0.15) is 81.7 Å². The molecule has 2 amide bonds. The van der Waals surface area contributed by atoms with E-state index in [4.69, 9.17) is 5.73 Å². The number of carbonyl (C=O) groups excluding carboxylic acids is 3. The Kier molecular flexibility index (Phi) is 5.86. The van der Waals surface area contributed by atoms with E-state index in [9.17, 15) is 19.6 Å². The smallest absolute Gasteiger partial charge is 0.252 e. The van der Waals surface area contributed by atoms with E-state index in [1.54, 1.807) is 0 Å². The minimum absolute atomic E-state index is 0.00115. The van der Waals surface area contributed by atoms with Crippen molar-refractivity contribution < 1.29 is 14.4 Å². The second-order valence-corrected chi connectivity index (χ2v) is 18.4. The van der Waals surface area contributed by atoms with Crippen LogP contribution in [0, 0.1) is 11.3 Å². The molecule has 11 heteroatoms. The summed E-state index contributed by atoms with van der Waals surface area (Å²) in [5.74, 6) is 0.326. The molecule has 8 heterocycles. The van der Waals surface area contributed by atoms with Crippen LogP contribution < -0.4 is 16.4 Å². The number of aromatic nitrogens is 4. The number of nitrogens with one attached hydrogen (secondary N) is 2. The maximum absolute atomic E-state index is 13.2. The van der Waals surface area contributed by atoms with Crippen molar-refractivity contribution in [3.63, 3.8) is 0 Å². The first kappa shape index (κ1) is 33.3. The summed E-state index contributed by atoms with van der Waals surface area (Å²) in [5, 5.41) is 25.1. The number of hydrogen-bond donors (Lipinski definition) is 3. The maximum atomic E-state index is 13.2. The number of hydrogen-bond acceptors (Lipinski definition) is 5. The summed E-state index contributed by atoms with van der Waals surface area (Å²) < 4.78 is 9.39. The highest BCUT2D eigenvalue weighted by molar-refractivity contribution is 6.32. The van der Waals surface area contributed by atoms with Crippen molar-refractivity contribution >= 4 is 105 Å².